The van der Waals surface area contributed by atoms with Crippen LogP contribution >= 0.6 is 0 Å². The molecule has 2 rings (SSSR count). The van der Waals surface area contributed by atoms with Gasteiger partial charge in [-0.05, 0) is 38.9 Å². The van der Waals surface area contributed by atoms with E-state index in [9.17, 15) is 0 Å². The molecule has 1 aliphatic rings. The number of hydrogen-bond acceptors (Lipinski definition) is 3. The highest BCUT2D eigenvalue weighted by molar-refractivity contribution is 5.38. The van der Waals surface area contributed by atoms with Crippen LogP contribution in [0.1, 0.15) is 33.3 Å². The lowest BCUT2D eigenvalue weighted by Gasteiger charge is -2.46. The number of rotatable bonds is 7. The Morgan fingerprint density at radius 2 is 1.90 bits per heavy atom. The van der Waals surface area contributed by atoms with E-state index in [1.807, 2.05) is 6.07 Å². The summed E-state index contributed by atoms with van der Waals surface area (Å²) in [7, 11) is 1.76. The van der Waals surface area contributed by atoms with Crippen molar-refractivity contribution in [3.05, 3.63) is 29.8 Å². The van der Waals surface area contributed by atoms with E-state index in [4.69, 9.17) is 4.74 Å². The van der Waals surface area contributed by atoms with Gasteiger partial charge in [0.15, 0.2) is 0 Å². The highest BCUT2D eigenvalue weighted by atomic mass is 16.5. The lowest BCUT2D eigenvalue weighted by atomic mass is 9.89. The molecule has 0 unspecified atom stereocenters. The van der Waals surface area contributed by atoms with Gasteiger partial charge in [-0.1, -0.05) is 32.0 Å². The number of nitrogens with zero attached hydrogens (tertiary/aromatic N) is 2. The molecule has 3 nitrogen and oxygen atoms in total. The van der Waals surface area contributed by atoms with Crippen molar-refractivity contribution < 1.29 is 4.74 Å². The molecule has 118 valence electrons. The number of ether oxygens (including phenoxy) is 1. The molecule has 0 aliphatic carbocycles. The van der Waals surface area contributed by atoms with Crippen molar-refractivity contribution in [1.82, 2.24) is 9.80 Å². The zero-order valence-electron chi connectivity index (χ0n) is 14.2. The molecule has 3 heteroatoms. The molecule has 0 radical (unpaired) electrons. The molecule has 1 aromatic rings. The van der Waals surface area contributed by atoms with E-state index in [1.165, 1.54) is 25.2 Å². The van der Waals surface area contributed by atoms with Crippen LogP contribution in [0.5, 0.6) is 5.75 Å². The summed E-state index contributed by atoms with van der Waals surface area (Å²) in [5.74, 6) is 1.80. The van der Waals surface area contributed by atoms with Gasteiger partial charge in [-0.15, -0.1) is 0 Å². The van der Waals surface area contributed by atoms with Gasteiger partial charge in [-0.2, -0.15) is 0 Å². The smallest absolute Gasteiger partial charge is 0.123 e. The highest BCUT2D eigenvalue weighted by Gasteiger charge is 2.34. The monoisotopic (exact) mass is 290 g/mol. The molecule has 0 atom stereocenters. The minimum absolute atomic E-state index is 0.00596. The maximum atomic E-state index is 5.57. The summed E-state index contributed by atoms with van der Waals surface area (Å²) in [6, 6.07) is 8.41. The van der Waals surface area contributed by atoms with Crippen molar-refractivity contribution in [3.63, 3.8) is 0 Å². The maximum Gasteiger partial charge on any atom is 0.123 e. The van der Waals surface area contributed by atoms with Crippen molar-refractivity contribution in [2.24, 2.45) is 5.92 Å². The van der Waals surface area contributed by atoms with E-state index in [0.717, 1.165) is 24.8 Å². The second-order valence-electron chi connectivity index (χ2n) is 6.52. The van der Waals surface area contributed by atoms with Crippen LogP contribution in [0.3, 0.4) is 0 Å². The quantitative estimate of drug-likeness (QED) is 0.767. The SMILES string of the molecule is CCN1CC(CN(CC)C(C)(C)c2ccccc2OC)C1. The first-order valence-electron chi connectivity index (χ1n) is 8.13. The molecule has 1 heterocycles. The predicted octanol–water partition coefficient (Wildman–Crippen LogP) is 3.20. The van der Waals surface area contributed by atoms with E-state index in [1.54, 1.807) is 7.11 Å². The third-order valence-corrected chi connectivity index (χ3v) is 4.90. The van der Waals surface area contributed by atoms with Gasteiger partial charge < -0.3 is 9.64 Å². The lowest BCUT2D eigenvalue weighted by Crippen LogP contribution is -2.54. The fourth-order valence-electron chi connectivity index (χ4n) is 3.44. The minimum atomic E-state index is -0.00596. The summed E-state index contributed by atoms with van der Waals surface area (Å²) in [5.41, 5.74) is 1.27. The molecule has 0 bridgehead atoms. The van der Waals surface area contributed by atoms with Crippen molar-refractivity contribution in [3.8, 4) is 5.75 Å². The topological polar surface area (TPSA) is 15.7 Å². The first-order valence-corrected chi connectivity index (χ1v) is 8.13. The normalized spacial score (nSPS) is 17.0. The Morgan fingerprint density at radius 1 is 1.24 bits per heavy atom. The Morgan fingerprint density at radius 3 is 2.48 bits per heavy atom. The third kappa shape index (κ3) is 3.41. The summed E-state index contributed by atoms with van der Waals surface area (Å²) in [4.78, 5) is 5.09. The van der Waals surface area contributed by atoms with E-state index in [2.05, 4.69) is 55.7 Å². The predicted molar refractivity (Wildman–Crippen MR) is 88.9 cm³/mol. The van der Waals surface area contributed by atoms with Crippen LogP contribution in [-0.4, -0.2) is 49.6 Å². The Balaban J connectivity index is 2.11. The van der Waals surface area contributed by atoms with Crippen LogP contribution in [0.15, 0.2) is 24.3 Å². The van der Waals surface area contributed by atoms with Gasteiger partial charge in [0.25, 0.3) is 0 Å². The molecule has 1 aromatic carbocycles. The van der Waals surface area contributed by atoms with Crippen LogP contribution in [0.25, 0.3) is 0 Å². The maximum absolute atomic E-state index is 5.57. The number of methoxy groups -OCH3 is 1. The molecule has 1 fully saturated rings. The Labute approximate surface area is 129 Å². The van der Waals surface area contributed by atoms with Gasteiger partial charge in [0.1, 0.15) is 5.75 Å². The molecular formula is C18H30N2O. The molecule has 21 heavy (non-hydrogen) atoms. The zero-order chi connectivity index (χ0) is 15.5. The highest BCUT2D eigenvalue weighted by Crippen LogP contribution is 2.35. The third-order valence-electron chi connectivity index (χ3n) is 4.90. The van der Waals surface area contributed by atoms with Gasteiger partial charge in [-0.3, -0.25) is 4.90 Å². The standard InChI is InChI=1S/C18H30N2O/c1-6-19-12-15(13-19)14-20(7-2)18(3,4)16-10-8-9-11-17(16)21-5/h8-11,15H,6-7,12-14H2,1-5H3. The number of likely N-dealkylation sites (tertiary alicyclic amines) is 1. The van der Waals surface area contributed by atoms with E-state index < -0.39 is 0 Å². The van der Waals surface area contributed by atoms with Crippen LogP contribution in [0.2, 0.25) is 0 Å². The van der Waals surface area contributed by atoms with Gasteiger partial charge in [0, 0.05) is 30.7 Å². The van der Waals surface area contributed by atoms with Crippen molar-refractivity contribution in [1.29, 1.82) is 0 Å². The molecular weight excluding hydrogens is 260 g/mol. The molecule has 1 aliphatic heterocycles. The van der Waals surface area contributed by atoms with E-state index in [0.29, 0.717) is 0 Å². The Hall–Kier alpha value is -1.06. The summed E-state index contributed by atoms with van der Waals surface area (Å²) in [6.45, 7) is 15.0. The molecule has 0 aromatic heterocycles. The fraction of sp³-hybridized carbons (Fsp3) is 0.667. The van der Waals surface area contributed by atoms with E-state index >= 15 is 0 Å². The van der Waals surface area contributed by atoms with Crippen molar-refractivity contribution in [2.45, 2.75) is 33.2 Å². The van der Waals surface area contributed by atoms with E-state index in [-0.39, 0.29) is 5.54 Å². The Kier molecular flexibility index (Phi) is 5.28. The largest absolute Gasteiger partial charge is 0.496 e. The Bertz CT molecular complexity index is 452. The average Bonchev–Trinajstić information content (AvgIpc) is 2.45. The lowest BCUT2D eigenvalue weighted by molar-refractivity contribution is 0.0324. The zero-order valence-corrected chi connectivity index (χ0v) is 14.2. The fourth-order valence-corrected chi connectivity index (χ4v) is 3.44. The average molecular weight is 290 g/mol. The number of para-hydroxylation sites is 1. The van der Waals surface area contributed by atoms with Crippen LogP contribution < -0.4 is 4.74 Å². The molecule has 0 saturated carbocycles. The van der Waals surface area contributed by atoms with Crippen LogP contribution in [0, 0.1) is 5.92 Å². The summed E-state index contributed by atoms with van der Waals surface area (Å²) >= 11 is 0. The number of benzene rings is 1. The van der Waals surface area contributed by atoms with Gasteiger partial charge in [-0.25, -0.2) is 0 Å². The summed E-state index contributed by atoms with van der Waals surface area (Å²) in [5, 5.41) is 0. The van der Waals surface area contributed by atoms with Crippen molar-refractivity contribution >= 4 is 0 Å². The second kappa shape index (κ2) is 6.80. The van der Waals surface area contributed by atoms with Gasteiger partial charge in [0.05, 0.1) is 7.11 Å². The molecule has 1 saturated heterocycles. The van der Waals surface area contributed by atoms with Crippen LogP contribution in [0.4, 0.5) is 0 Å². The summed E-state index contributed by atoms with van der Waals surface area (Å²) < 4.78 is 5.57. The number of hydrogen-bond donors (Lipinski definition) is 0. The van der Waals surface area contributed by atoms with Crippen LogP contribution in [-0.2, 0) is 5.54 Å². The first-order chi connectivity index (χ1) is 10.0. The molecule has 0 amide bonds. The van der Waals surface area contributed by atoms with Gasteiger partial charge in [0.2, 0.25) is 0 Å². The van der Waals surface area contributed by atoms with Crippen molar-refractivity contribution in [2.75, 3.05) is 39.8 Å². The second-order valence-corrected chi connectivity index (χ2v) is 6.52. The minimum Gasteiger partial charge on any atom is -0.496 e. The summed E-state index contributed by atoms with van der Waals surface area (Å²) in [6.07, 6.45) is 0. The molecule has 0 N–H and O–H groups in total. The molecule has 0 spiro atoms. The van der Waals surface area contributed by atoms with Gasteiger partial charge >= 0.3 is 0 Å². The first kappa shape index (κ1) is 16.3.